The highest BCUT2D eigenvalue weighted by Gasteiger charge is 2.10. The molecule has 0 unspecified atom stereocenters. The van der Waals surface area contributed by atoms with Crippen molar-refractivity contribution in [2.75, 3.05) is 17.7 Å². The summed E-state index contributed by atoms with van der Waals surface area (Å²) in [7, 11) is 0. The molecule has 0 fully saturated rings. The van der Waals surface area contributed by atoms with E-state index in [0.29, 0.717) is 21.4 Å². The lowest BCUT2D eigenvalue weighted by Crippen LogP contribution is -2.21. The standard InChI is InChI=1S/C15H14Cl2N2O2/c1-9-5-6-13(12(18)7-9)19-14(20)8-21-15-10(16)3-2-4-11(15)17/h2-7H,8,18H2,1H3,(H,19,20). The summed E-state index contributed by atoms with van der Waals surface area (Å²) in [5.74, 6) is -0.0607. The fourth-order valence-electron chi connectivity index (χ4n) is 1.74. The number of ether oxygens (including phenoxy) is 1. The molecular weight excluding hydrogens is 311 g/mol. The first kappa shape index (κ1) is 15.5. The number of nitrogens with one attached hydrogen (secondary N) is 1. The van der Waals surface area contributed by atoms with Gasteiger partial charge in [-0.3, -0.25) is 4.79 Å². The second-order valence-corrected chi connectivity index (χ2v) is 5.29. The zero-order valence-corrected chi connectivity index (χ0v) is 12.8. The Morgan fingerprint density at radius 2 is 1.90 bits per heavy atom. The number of carbonyl (C=O) groups is 1. The first-order valence-electron chi connectivity index (χ1n) is 6.20. The number of hydrogen-bond acceptors (Lipinski definition) is 3. The van der Waals surface area contributed by atoms with Crippen LogP contribution in [0.3, 0.4) is 0 Å². The van der Waals surface area contributed by atoms with E-state index in [1.54, 1.807) is 30.3 Å². The lowest BCUT2D eigenvalue weighted by atomic mass is 10.2. The molecule has 0 heterocycles. The van der Waals surface area contributed by atoms with E-state index in [2.05, 4.69) is 5.32 Å². The van der Waals surface area contributed by atoms with Gasteiger partial charge in [-0.25, -0.2) is 0 Å². The highest BCUT2D eigenvalue weighted by atomic mass is 35.5. The molecule has 4 nitrogen and oxygen atoms in total. The van der Waals surface area contributed by atoms with Gasteiger partial charge in [0, 0.05) is 0 Å². The third-order valence-electron chi connectivity index (χ3n) is 2.75. The van der Waals surface area contributed by atoms with Gasteiger partial charge in [0.05, 0.1) is 21.4 Å². The number of hydrogen-bond donors (Lipinski definition) is 2. The Kier molecular flexibility index (Phi) is 4.94. The molecule has 1 amide bonds. The number of halogens is 2. The predicted molar refractivity (Wildman–Crippen MR) is 86.2 cm³/mol. The van der Waals surface area contributed by atoms with E-state index in [-0.39, 0.29) is 18.3 Å². The van der Waals surface area contributed by atoms with Crippen LogP contribution in [0.2, 0.25) is 10.0 Å². The Morgan fingerprint density at radius 3 is 2.52 bits per heavy atom. The summed E-state index contributed by atoms with van der Waals surface area (Å²) in [5, 5.41) is 3.38. The van der Waals surface area contributed by atoms with Crippen molar-refractivity contribution in [1.82, 2.24) is 0 Å². The number of amides is 1. The number of nitrogen functional groups attached to an aromatic ring is 1. The zero-order chi connectivity index (χ0) is 15.4. The maximum Gasteiger partial charge on any atom is 0.262 e. The lowest BCUT2D eigenvalue weighted by molar-refractivity contribution is -0.118. The smallest absolute Gasteiger partial charge is 0.262 e. The van der Waals surface area contributed by atoms with Crippen molar-refractivity contribution in [1.29, 1.82) is 0 Å². The average Bonchev–Trinajstić information content (AvgIpc) is 2.41. The van der Waals surface area contributed by atoms with Crippen LogP contribution < -0.4 is 15.8 Å². The fourth-order valence-corrected chi connectivity index (χ4v) is 2.25. The molecule has 2 aromatic carbocycles. The van der Waals surface area contributed by atoms with E-state index in [4.69, 9.17) is 33.7 Å². The molecular formula is C15H14Cl2N2O2. The number of para-hydroxylation sites is 1. The molecule has 0 bridgehead atoms. The van der Waals surface area contributed by atoms with Crippen LogP contribution in [0.15, 0.2) is 36.4 Å². The molecule has 0 radical (unpaired) electrons. The Bertz CT molecular complexity index is 654. The van der Waals surface area contributed by atoms with Crippen LogP contribution in [0.25, 0.3) is 0 Å². The molecule has 2 aromatic rings. The molecule has 0 spiro atoms. The van der Waals surface area contributed by atoms with Crippen molar-refractivity contribution in [3.8, 4) is 5.75 Å². The molecule has 0 aliphatic heterocycles. The number of rotatable bonds is 4. The molecule has 0 saturated carbocycles. The first-order valence-corrected chi connectivity index (χ1v) is 6.96. The monoisotopic (exact) mass is 324 g/mol. The van der Waals surface area contributed by atoms with Crippen LogP contribution >= 0.6 is 23.2 Å². The van der Waals surface area contributed by atoms with Gasteiger partial charge >= 0.3 is 0 Å². The second kappa shape index (κ2) is 6.70. The highest BCUT2D eigenvalue weighted by molar-refractivity contribution is 6.37. The summed E-state index contributed by atoms with van der Waals surface area (Å²) in [5.41, 5.74) is 7.89. The van der Waals surface area contributed by atoms with Crippen LogP contribution in [0.1, 0.15) is 5.56 Å². The number of benzene rings is 2. The number of carbonyl (C=O) groups excluding carboxylic acids is 1. The van der Waals surface area contributed by atoms with Crippen molar-refractivity contribution in [3.05, 3.63) is 52.0 Å². The van der Waals surface area contributed by atoms with Crippen molar-refractivity contribution in [3.63, 3.8) is 0 Å². The van der Waals surface area contributed by atoms with E-state index >= 15 is 0 Å². The van der Waals surface area contributed by atoms with Crippen molar-refractivity contribution in [2.45, 2.75) is 6.92 Å². The van der Waals surface area contributed by atoms with E-state index in [0.717, 1.165) is 5.56 Å². The number of aryl methyl sites for hydroxylation is 1. The maximum atomic E-state index is 11.9. The molecule has 110 valence electrons. The van der Waals surface area contributed by atoms with Crippen molar-refractivity contribution < 1.29 is 9.53 Å². The Hall–Kier alpha value is -1.91. The van der Waals surface area contributed by atoms with E-state index in [9.17, 15) is 4.79 Å². The third-order valence-corrected chi connectivity index (χ3v) is 3.34. The van der Waals surface area contributed by atoms with Gasteiger partial charge < -0.3 is 15.8 Å². The van der Waals surface area contributed by atoms with Gasteiger partial charge in [0.25, 0.3) is 5.91 Å². The van der Waals surface area contributed by atoms with Crippen LogP contribution in [-0.4, -0.2) is 12.5 Å². The number of anilines is 2. The average molecular weight is 325 g/mol. The minimum Gasteiger partial charge on any atom is -0.481 e. The summed E-state index contributed by atoms with van der Waals surface area (Å²) in [4.78, 5) is 11.9. The third kappa shape index (κ3) is 4.03. The van der Waals surface area contributed by atoms with E-state index in [1.807, 2.05) is 13.0 Å². The quantitative estimate of drug-likeness (QED) is 0.838. The molecule has 0 aromatic heterocycles. The van der Waals surface area contributed by atoms with Gasteiger partial charge in [-0.2, -0.15) is 0 Å². The van der Waals surface area contributed by atoms with Gasteiger partial charge in [-0.1, -0.05) is 35.3 Å². The lowest BCUT2D eigenvalue weighted by Gasteiger charge is -2.11. The summed E-state index contributed by atoms with van der Waals surface area (Å²) in [6.45, 7) is 1.71. The predicted octanol–water partition coefficient (Wildman–Crippen LogP) is 3.90. The van der Waals surface area contributed by atoms with Crippen molar-refractivity contribution in [2.24, 2.45) is 0 Å². The Morgan fingerprint density at radius 1 is 1.24 bits per heavy atom. The van der Waals surface area contributed by atoms with E-state index < -0.39 is 0 Å². The number of nitrogens with two attached hydrogens (primary N) is 1. The molecule has 0 saturated heterocycles. The minimum absolute atomic E-state index is 0.212. The fraction of sp³-hybridized carbons (Fsp3) is 0.133. The van der Waals surface area contributed by atoms with Crippen LogP contribution in [0, 0.1) is 6.92 Å². The SMILES string of the molecule is Cc1ccc(NC(=O)COc2c(Cl)cccc2Cl)c(N)c1. The summed E-state index contributed by atoms with van der Waals surface area (Å²) >= 11 is 11.9. The Balaban J connectivity index is 1.99. The van der Waals surface area contributed by atoms with Gasteiger partial charge in [0.15, 0.2) is 12.4 Å². The zero-order valence-electron chi connectivity index (χ0n) is 11.3. The van der Waals surface area contributed by atoms with E-state index in [1.165, 1.54) is 0 Å². The molecule has 0 aliphatic rings. The van der Waals surface area contributed by atoms with Crippen molar-refractivity contribution >= 4 is 40.5 Å². The van der Waals surface area contributed by atoms with Crippen LogP contribution in [0.4, 0.5) is 11.4 Å². The van der Waals surface area contributed by atoms with Gasteiger partial charge in [0.1, 0.15) is 0 Å². The first-order chi connectivity index (χ1) is 9.97. The summed E-state index contributed by atoms with van der Waals surface area (Å²) < 4.78 is 5.35. The molecule has 0 aliphatic carbocycles. The van der Waals surface area contributed by atoms with Gasteiger partial charge in [-0.05, 0) is 36.8 Å². The highest BCUT2D eigenvalue weighted by Crippen LogP contribution is 2.32. The van der Waals surface area contributed by atoms with Gasteiger partial charge in [-0.15, -0.1) is 0 Å². The topological polar surface area (TPSA) is 64.3 Å². The maximum absolute atomic E-state index is 11.9. The largest absolute Gasteiger partial charge is 0.481 e. The van der Waals surface area contributed by atoms with Crippen LogP contribution in [0.5, 0.6) is 5.75 Å². The Labute approximate surface area is 132 Å². The minimum atomic E-state index is -0.346. The normalized spacial score (nSPS) is 10.2. The molecule has 21 heavy (non-hydrogen) atoms. The summed E-state index contributed by atoms with van der Waals surface area (Å²) in [6, 6.07) is 10.4. The molecule has 2 rings (SSSR count). The molecule has 0 atom stereocenters. The van der Waals surface area contributed by atoms with Gasteiger partial charge in [0.2, 0.25) is 0 Å². The second-order valence-electron chi connectivity index (χ2n) is 4.48. The molecule has 3 N–H and O–H groups in total. The van der Waals surface area contributed by atoms with Crippen LogP contribution in [-0.2, 0) is 4.79 Å². The molecule has 6 heteroatoms. The summed E-state index contributed by atoms with van der Waals surface area (Å²) in [6.07, 6.45) is 0.